The third-order valence-electron chi connectivity index (χ3n) is 5.08. The minimum Gasteiger partial charge on any atom is -0.364 e. The van der Waals surface area contributed by atoms with Crippen LogP contribution >= 0.6 is 0 Å². The van der Waals surface area contributed by atoms with Gasteiger partial charge in [0.25, 0.3) is 0 Å². The summed E-state index contributed by atoms with van der Waals surface area (Å²) in [6, 6.07) is 1.87. The van der Waals surface area contributed by atoms with E-state index in [0.717, 1.165) is 50.8 Å². The predicted octanol–water partition coefficient (Wildman–Crippen LogP) is 1.25. The van der Waals surface area contributed by atoms with Crippen LogP contribution in [0.4, 0.5) is 13.2 Å². The molecule has 0 aliphatic carbocycles. The van der Waals surface area contributed by atoms with Crippen LogP contribution in [0, 0.1) is 5.92 Å². The van der Waals surface area contributed by atoms with E-state index in [1.807, 2.05) is 6.07 Å². The molecule has 2 aliphatic heterocycles. The summed E-state index contributed by atoms with van der Waals surface area (Å²) >= 11 is 0. The maximum Gasteiger partial charge on any atom is 0.401 e. The van der Waals surface area contributed by atoms with Crippen molar-refractivity contribution in [3.05, 3.63) is 18.0 Å². The summed E-state index contributed by atoms with van der Waals surface area (Å²) in [4.78, 5) is 10.3. The third-order valence-corrected chi connectivity index (χ3v) is 5.08. The largest absolute Gasteiger partial charge is 0.401 e. The van der Waals surface area contributed by atoms with E-state index in [4.69, 9.17) is 4.52 Å². The van der Waals surface area contributed by atoms with Crippen LogP contribution in [0.3, 0.4) is 0 Å². The smallest absolute Gasteiger partial charge is 0.364 e. The average Bonchev–Trinajstić information content (AvgIpc) is 3.27. The molecule has 10 heteroatoms. The van der Waals surface area contributed by atoms with Crippen molar-refractivity contribution < 1.29 is 17.7 Å². The van der Waals surface area contributed by atoms with Gasteiger partial charge in [0, 0.05) is 58.9 Å². The van der Waals surface area contributed by atoms with Crippen molar-refractivity contribution in [2.45, 2.75) is 19.1 Å². The van der Waals surface area contributed by atoms with Crippen molar-refractivity contribution >= 4 is 5.96 Å². The number of hydrogen-bond acceptors (Lipinski definition) is 5. The number of halogens is 3. The Kier molecular flexibility index (Phi) is 6.59. The van der Waals surface area contributed by atoms with E-state index in [-0.39, 0.29) is 5.92 Å². The van der Waals surface area contributed by atoms with Crippen molar-refractivity contribution in [2.75, 3.05) is 59.4 Å². The van der Waals surface area contributed by atoms with Crippen molar-refractivity contribution in [3.63, 3.8) is 0 Å². The third kappa shape index (κ3) is 6.10. The molecule has 3 rings (SSSR count). The second-order valence-corrected chi connectivity index (χ2v) is 7.19. The normalized spacial score (nSPS) is 23.2. The van der Waals surface area contributed by atoms with Crippen LogP contribution < -0.4 is 5.32 Å². The summed E-state index contributed by atoms with van der Waals surface area (Å²) in [6.45, 7) is 5.09. The number of nitrogens with one attached hydrogen (secondary N) is 1. The minimum absolute atomic E-state index is 0.220. The van der Waals surface area contributed by atoms with E-state index < -0.39 is 12.7 Å². The molecule has 0 bridgehead atoms. The van der Waals surface area contributed by atoms with E-state index in [1.165, 1.54) is 4.90 Å². The summed E-state index contributed by atoms with van der Waals surface area (Å²) in [6.07, 6.45) is -1.76. The van der Waals surface area contributed by atoms with Crippen LogP contribution in [-0.4, -0.2) is 91.4 Å². The molecule has 0 saturated carbocycles. The van der Waals surface area contributed by atoms with Crippen molar-refractivity contribution in [1.29, 1.82) is 0 Å². The lowest BCUT2D eigenvalue weighted by Crippen LogP contribution is -2.52. The van der Waals surface area contributed by atoms with Crippen LogP contribution in [0.2, 0.25) is 0 Å². The first-order valence-electron chi connectivity index (χ1n) is 9.29. The van der Waals surface area contributed by atoms with Gasteiger partial charge >= 0.3 is 6.18 Å². The van der Waals surface area contributed by atoms with E-state index in [9.17, 15) is 13.2 Å². The highest BCUT2D eigenvalue weighted by Crippen LogP contribution is 2.22. The molecule has 7 nitrogen and oxygen atoms in total. The zero-order valence-corrected chi connectivity index (χ0v) is 15.6. The lowest BCUT2D eigenvalue weighted by Gasteiger charge is -2.36. The quantitative estimate of drug-likeness (QED) is 0.605. The van der Waals surface area contributed by atoms with Gasteiger partial charge in [-0.25, -0.2) is 0 Å². The number of likely N-dealkylation sites (tertiary alicyclic amines) is 1. The van der Waals surface area contributed by atoms with Gasteiger partial charge in [-0.2, -0.15) is 13.2 Å². The van der Waals surface area contributed by atoms with Crippen molar-refractivity contribution in [3.8, 4) is 0 Å². The zero-order valence-electron chi connectivity index (χ0n) is 15.6. The van der Waals surface area contributed by atoms with Crippen LogP contribution in [0.1, 0.15) is 12.1 Å². The molecular formula is C17H27F3N6O. The molecule has 0 radical (unpaired) electrons. The molecule has 152 valence electrons. The minimum atomic E-state index is -4.12. The Bertz CT molecular complexity index is 598. The summed E-state index contributed by atoms with van der Waals surface area (Å²) in [7, 11) is 1.74. The molecule has 2 aliphatic rings. The second kappa shape index (κ2) is 8.92. The number of guanidine groups is 1. The highest BCUT2D eigenvalue weighted by molar-refractivity contribution is 5.80. The highest BCUT2D eigenvalue weighted by Gasteiger charge is 2.34. The van der Waals surface area contributed by atoms with Gasteiger partial charge in [-0.1, -0.05) is 5.16 Å². The first-order chi connectivity index (χ1) is 12.9. The molecule has 0 amide bonds. The Morgan fingerprint density at radius 2 is 2.04 bits per heavy atom. The maximum absolute atomic E-state index is 12.5. The van der Waals surface area contributed by atoms with Crippen LogP contribution in [0.15, 0.2) is 21.8 Å². The molecule has 2 saturated heterocycles. The summed E-state index contributed by atoms with van der Waals surface area (Å²) in [5, 5.41) is 7.29. The molecule has 1 aromatic heterocycles. The van der Waals surface area contributed by atoms with E-state index in [2.05, 4.69) is 25.3 Å². The Hall–Kier alpha value is -1.81. The first-order valence-corrected chi connectivity index (χ1v) is 9.29. The molecule has 3 heterocycles. The Morgan fingerprint density at radius 3 is 2.67 bits per heavy atom. The number of aromatic nitrogens is 1. The Morgan fingerprint density at radius 1 is 1.26 bits per heavy atom. The van der Waals surface area contributed by atoms with Gasteiger partial charge in [0.15, 0.2) is 5.96 Å². The SMILES string of the molecule is CN=C(NCC1CCN(CC(F)(F)F)C1)N1CCN(Cc2ccon2)CC1. The average molecular weight is 388 g/mol. The Labute approximate surface area is 157 Å². The zero-order chi connectivity index (χ0) is 19.3. The van der Waals surface area contributed by atoms with E-state index in [0.29, 0.717) is 19.6 Å². The number of hydrogen-bond donors (Lipinski definition) is 1. The van der Waals surface area contributed by atoms with E-state index >= 15 is 0 Å². The number of nitrogens with zero attached hydrogens (tertiary/aromatic N) is 5. The summed E-state index contributed by atoms with van der Waals surface area (Å²) < 4.78 is 42.4. The number of aliphatic imine (C=N–C) groups is 1. The van der Waals surface area contributed by atoms with Gasteiger partial charge in [0.1, 0.15) is 6.26 Å². The maximum atomic E-state index is 12.5. The van der Waals surface area contributed by atoms with Crippen molar-refractivity contribution in [2.24, 2.45) is 10.9 Å². The fraction of sp³-hybridized carbons (Fsp3) is 0.765. The topological polar surface area (TPSA) is 60.1 Å². The lowest BCUT2D eigenvalue weighted by molar-refractivity contribution is -0.143. The van der Waals surface area contributed by atoms with Gasteiger partial charge in [-0.05, 0) is 18.9 Å². The standard InChI is InChI=1S/C17H27F3N6O/c1-21-16(22-10-14-2-4-25(11-14)13-17(18,19)20)26-7-5-24(6-8-26)12-15-3-9-27-23-15/h3,9,14H,2,4-8,10-13H2,1H3,(H,21,22). The van der Waals surface area contributed by atoms with Crippen LogP contribution in [0.25, 0.3) is 0 Å². The van der Waals surface area contributed by atoms with Crippen molar-refractivity contribution in [1.82, 2.24) is 25.2 Å². The molecule has 0 aromatic carbocycles. The molecular weight excluding hydrogens is 361 g/mol. The molecule has 1 N–H and O–H groups in total. The van der Waals surface area contributed by atoms with Gasteiger partial charge in [-0.15, -0.1) is 0 Å². The number of rotatable bonds is 5. The fourth-order valence-electron chi connectivity index (χ4n) is 3.71. The van der Waals surface area contributed by atoms with Gasteiger partial charge in [0.2, 0.25) is 0 Å². The Balaban J connectivity index is 1.39. The molecule has 1 aromatic rings. The summed E-state index contributed by atoms with van der Waals surface area (Å²) in [5.74, 6) is 1.04. The predicted molar refractivity (Wildman–Crippen MR) is 95.3 cm³/mol. The van der Waals surface area contributed by atoms with Crippen LogP contribution in [0.5, 0.6) is 0 Å². The lowest BCUT2D eigenvalue weighted by atomic mass is 10.1. The monoisotopic (exact) mass is 388 g/mol. The van der Waals surface area contributed by atoms with Crippen LogP contribution in [-0.2, 0) is 6.54 Å². The first kappa shape index (κ1) is 19.9. The van der Waals surface area contributed by atoms with Gasteiger partial charge < -0.3 is 14.7 Å². The molecule has 0 spiro atoms. The second-order valence-electron chi connectivity index (χ2n) is 7.19. The van der Waals surface area contributed by atoms with Gasteiger partial charge in [-0.3, -0.25) is 14.8 Å². The number of alkyl halides is 3. The molecule has 1 atom stereocenters. The summed E-state index contributed by atoms with van der Waals surface area (Å²) in [5.41, 5.74) is 0.926. The molecule has 2 fully saturated rings. The molecule has 27 heavy (non-hydrogen) atoms. The number of piperazine rings is 1. The van der Waals surface area contributed by atoms with Gasteiger partial charge in [0.05, 0.1) is 12.2 Å². The highest BCUT2D eigenvalue weighted by atomic mass is 19.4. The molecule has 1 unspecified atom stereocenters. The fourth-order valence-corrected chi connectivity index (χ4v) is 3.71. The van der Waals surface area contributed by atoms with E-state index in [1.54, 1.807) is 13.3 Å².